The summed E-state index contributed by atoms with van der Waals surface area (Å²) in [5.41, 5.74) is 0.340. The van der Waals surface area contributed by atoms with Gasteiger partial charge in [0.15, 0.2) is 0 Å². The second-order valence-corrected chi connectivity index (χ2v) is 7.07. The molecule has 2 aliphatic rings. The molecule has 0 unspecified atom stereocenters. The number of carboxylic acid groups (broad SMARTS) is 1. The molecule has 0 aliphatic carbocycles. The topological polar surface area (TPSA) is 107 Å². The van der Waals surface area contributed by atoms with Crippen LogP contribution in [0.15, 0.2) is 30.3 Å². The second kappa shape index (κ2) is 12.8. The zero-order chi connectivity index (χ0) is 20.2. The summed E-state index contributed by atoms with van der Waals surface area (Å²) >= 11 is 0. The Morgan fingerprint density at radius 1 is 1.04 bits per heavy atom. The Morgan fingerprint density at radius 3 is 1.85 bits per heavy atom. The largest absolute Gasteiger partial charge is 0.547 e. The van der Waals surface area contributed by atoms with Crippen LogP contribution in [0.3, 0.4) is 0 Å². The lowest BCUT2D eigenvalue weighted by molar-refractivity contribution is -0.683. The number of hydrogen-bond acceptors (Lipinski definition) is 6. The monoisotopic (exact) mass is 382 g/mol. The van der Waals surface area contributed by atoms with Crippen LogP contribution >= 0.6 is 0 Å². The van der Waals surface area contributed by atoms with Crippen LogP contribution in [0, 0.1) is 0 Å². The van der Waals surface area contributed by atoms with Gasteiger partial charge in [0.2, 0.25) is 0 Å². The third-order valence-electron chi connectivity index (χ3n) is 4.13. The molecule has 0 saturated carbocycles. The van der Waals surface area contributed by atoms with E-state index in [-0.39, 0.29) is 0 Å². The maximum Gasteiger partial charge on any atom is 0.118 e. The van der Waals surface area contributed by atoms with E-state index in [1.54, 1.807) is 18.2 Å². The van der Waals surface area contributed by atoms with Crippen LogP contribution in [0.4, 0.5) is 0 Å². The van der Waals surface area contributed by atoms with E-state index in [9.17, 15) is 9.90 Å². The fourth-order valence-corrected chi connectivity index (χ4v) is 2.83. The Hall–Kier alpha value is -1.51. The number of quaternary nitrogens is 1. The number of morpholine rings is 2. The first-order valence-corrected chi connectivity index (χ1v) is 9.56. The Labute approximate surface area is 162 Å². The summed E-state index contributed by atoms with van der Waals surface area (Å²) in [5.74, 6) is -1.48. The van der Waals surface area contributed by atoms with Crippen molar-refractivity contribution in [2.45, 2.75) is 58.2 Å². The normalized spacial score (nSPS) is 28.6. The average Bonchev–Trinajstić information content (AvgIpc) is 2.62. The lowest BCUT2D eigenvalue weighted by Gasteiger charge is -2.25. The van der Waals surface area contributed by atoms with Gasteiger partial charge in [-0.3, -0.25) is 0 Å². The van der Waals surface area contributed by atoms with E-state index in [1.165, 1.54) is 12.1 Å². The summed E-state index contributed by atoms with van der Waals surface area (Å²) in [4.78, 5) is 10.1. The highest BCUT2D eigenvalue weighted by Gasteiger charge is 2.16. The predicted molar refractivity (Wildman–Crippen MR) is 101 cm³/mol. The number of nitrogens with one attached hydrogen (secondary N) is 1. The van der Waals surface area contributed by atoms with Crippen molar-refractivity contribution in [1.82, 2.24) is 5.32 Å². The number of benzene rings is 1. The molecular weight excluding hydrogens is 348 g/mol. The molecule has 3 rings (SSSR count). The number of carbonyl (C=O) groups is 1. The fourth-order valence-electron chi connectivity index (χ4n) is 2.83. The molecule has 4 N–H and O–H groups in total. The third-order valence-corrected chi connectivity index (χ3v) is 4.13. The van der Waals surface area contributed by atoms with Gasteiger partial charge in [0.25, 0.3) is 0 Å². The zero-order valence-corrected chi connectivity index (χ0v) is 16.8. The fraction of sp³-hybridized carbons (Fsp3) is 0.650. The quantitative estimate of drug-likeness (QED) is 0.619. The SMILES string of the molecule is C[C@H]1CNC[C@H](C)O1.C[C@H]1C[NH2+]C[C@H](C)O1.O=C([O-])[C@H](O)c1ccccc1. The van der Waals surface area contributed by atoms with Gasteiger partial charge in [-0.15, -0.1) is 0 Å². The molecule has 5 atom stereocenters. The summed E-state index contributed by atoms with van der Waals surface area (Å²) in [7, 11) is 0. The molecule has 0 radical (unpaired) electrons. The highest BCUT2D eigenvalue weighted by molar-refractivity contribution is 5.71. The highest BCUT2D eigenvalue weighted by Crippen LogP contribution is 2.09. The number of rotatable bonds is 2. The molecule has 0 bridgehead atoms. The number of carboxylic acids is 1. The first-order valence-electron chi connectivity index (χ1n) is 9.56. The number of nitrogens with two attached hydrogens (primary N) is 1. The molecule has 2 saturated heterocycles. The molecule has 0 aromatic heterocycles. The summed E-state index contributed by atoms with van der Waals surface area (Å²) < 4.78 is 10.9. The maximum absolute atomic E-state index is 10.1. The van der Waals surface area contributed by atoms with Crippen molar-refractivity contribution in [3.05, 3.63) is 35.9 Å². The lowest BCUT2D eigenvalue weighted by atomic mass is 10.1. The van der Waals surface area contributed by atoms with Crippen molar-refractivity contribution in [2.24, 2.45) is 0 Å². The summed E-state index contributed by atoms with van der Waals surface area (Å²) in [6.45, 7) is 12.7. The first-order chi connectivity index (χ1) is 12.8. The molecule has 154 valence electrons. The van der Waals surface area contributed by atoms with Crippen molar-refractivity contribution in [1.29, 1.82) is 0 Å². The number of carbonyl (C=O) groups excluding carboxylic acids is 1. The van der Waals surface area contributed by atoms with Gasteiger partial charge >= 0.3 is 0 Å². The Kier molecular flexibility index (Phi) is 11.2. The lowest BCUT2D eigenvalue weighted by Crippen LogP contribution is -2.90. The van der Waals surface area contributed by atoms with Gasteiger partial charge in [-0.2, -0.15) is 0 Å². The molecule has 2 aliphatic heterocycles. The van der Waals surface area contributed by atoms with Crippen molar-refractivity contribution in [3.63, 3.8) is 0 Å². The van der Waals surface area contributed by atoms with E-state index in [0.717, 1.165) is 26.2 Å². The number of ether oxygens (including phenoxy) is 2. The smallest absolute Gasteiger partial charge is 0.118 e. The van der Waals surface area contributed by atoms with E-state index in [0.29, 0.717) is 30.0 Å². The van der Waals surface area contributed by atoms with Crippen LogP contribution < -0.4 is 15.7 Å². The number of hydrogen-bond donors (Lipinski definition) is 3. The first kappa shape index (κ1) is 23.5. The number of aliphatic hydroxyl groups excluding tert-OH is 1. The predicted octanol–water partition coefficient (Wildman–Crippen LogP) is -0.790. The molecule has 0 amide bonds. The average molecular weight is 383 g/mol. The van der Waals surface area contributed by atoms with Gasteiger partial charge < -0.3 is 35.1 Å². The van der Waals surface area contributed by atoms with E-state index in [4.69, 9.17) is 14.6 Å². The van der Waals surface area contributed by atoms with E-state index in [2.05, 4.69) is 38.3 Å². The van der Waals surface area contributed by atoms with E-state index in [1.807, 2.05) is 0 Å². The minimum atomic E-state index is -1.52. The van der Waals surface area contributed by atoms with Gasteiger partial charge in [-0.25, -0.2) is 0 Å². The van der Waals surface area contributed by atoms with Crippen LogP contribution in [-0.2, 0) is 14.3 Å². The van der Waals surface area contributed by atoms with Gasteiger partial charge in [0.1, 0.15) is 31.4 Å². The van der Waals surface area contributed by atoms with Crippen LogP contribution in [0.2, 0.25) is 0 Å². The Bertz CT molecular complexity index is 492. The molecule has 7 heteroatoms. The molecular formula is C20H34N2O5. The van der Waals surface area contributed by atoms with Crippen molar-refractivity contribution in [2.75, 3.05) is 26.2 Å². The van der Waals surface area contributed by atoms with Gasteiger partial charge in [0.05, 0.1) is 18.2 Å². The van der Waals surface area contributed by atoms with Crippen molar-refractivity contribution >= 4 is 5.97 Å². The van der Waals surface area contributed by atoms with Crippen molar-refractivity contribution in [3.8, 4) is 0 Å². The second-order valence-electron chi connectivity index (χ2n) is 7.07. The molecule has 0 spiro atoms. The number of aliphatic carboxylic acids is 1. The molecule has 7 nitrogen and oxygen atoms in total. The highest BCUT2D eigenvalue weighted by atomic mass is 16.5. The van der Waals surface area contributed by atoms with Crippen LogP contribution in [0.5, 0.6) is 0 Å². The molecule has 1 aromatic carbocycles. The van der Waals surface area contributed by atoms with Gasteiger partial charge in [-0.05, 0) is 33.3 Å². The molecule has 27 heavy (non-hydrogen) atoms. The maximum atomic E-state index is 10.1. The number of aliphatic hydroxyl groups is 1. The van der Waals surface area contributed by atoms with Crippen LogP contribution in [-0.4, -0.2) is 61.7 Å². The summed E-state index contributed by atoms with van der Waals surface area (Å²) in [5, 5.41) is 24.6. The van der Waals surface area contributed by atoms with E-state index < -0.39 is 12.1 Å². The minimum absolute atomic E-state index is 0.340. The van der Waals surface area contributed by atoms with Crippen LogP contribution in [0.25, 0.3) is 0 Å². The third kappa shape index (κ3) is 10.4. The molecule has 2 heterocycles. The van der Waals surface area contributed by atoms with E-state index >= 15 is 0 Å². The molecule has 1 aromatic rings. The summed E-state index contributed by atoms with van der Waals surface area (Å²) in [6, 6.07) is 8.11. The standard InChI is InChI=1S/C8H8O3.2C6H13NO/c9-7(8(10)11)6-4-2-1-3-5-6;2*1-5-3-7-4-6(2)8-5/h1-5,7,9H,(H,10,11);2*5-7H,3-4H2,1-2H3/t7-;2*5-,6-/m100/s1. The Balaban J connectivity index is 0.000000206. The minimum Gasteiger partial charge on any atom is -0.547 e. The Morgan fingerprint density at radius 2 is 1.52 bits per heavy atom. The summed E-state index contributed by atoms with van der Waals surface area (Å²) in [6.07, 6.45) is 0.200. The van der Waals surface area contributed by atoms with Crippen molar-refractivity contribution < 1.29 is 29.8 Å². The molecule has 2 fully saturated rings. The van der Waals surface area contributed by atoms with Crippen LogP contribution in [0.1, 0.15) is 39.4 Å². The van der Waals surface area contributed by atoms with Gasteiger partial charge in [-0.1, -0.05) is 30.3 Å². The zero-order valence-electron chi connectivity index (χ0n) is 16.8. The van der Waals surface area contributed by atoms with Gasteiger partial charge in [0, 0.05) is 13.1 Å².